The molecule has 1 amide bonds. The second-order valence-electron chi connectivity index (χ2n) is 7.00. The number of nitrogens with zero attached hydrogens (tertiary/aromatic N) is 2. The summed E-state index contributed by atoms with van der Waals surface area (Å²) in [6, 6.07) is 10.5. The molecule has 3 heterocycles. The van der Waals surface area contributed by atoms with Gasteiger partial charge in [0.25, 0.3) is 5.91 Å². The lowest BCUT2D eigenvalue weighted by atomic mass is 9.91. The number of hydrogen-bond donors (Lipinski definition) is 3. The average Bonchev–Trinajstić information content (AvgIpc) is 3.00. The molecule has 4 rings (SSSR count). The zero-order valence-corrected chi connectivity index (χ0v) is 15.6. The molecule has 2 aromatic heterocycles. The Bertz CT molecular complexity index is 995. The van der Waals surface area contributed by atoms with Crippen molar-refractivity contribution >= 4 is 17.2 Å². The maximum atomic E-state index is 12.7. The monoisotopic (exact) mass is 364 g/mol. The molecule has 1 atom stereocenters. The summed E-state index contributed by atoms with van der Waals surface area (Å²) in [5.41, 5.74) is 6.64. The molecule has 1 aromatic carbocycles. The number of rotatable bonds is 4. The van der Waals surface area contributed by atoms with E-state index >= 15 is 0 Å². The second kappa shape index (κ2) is 7.04. The molecule has 0 unspecified atom stereocenters. The first-order valence-corrected chi connectivity index (χ1v) is 9.32. The van der Waals surface area contributed by atoms with Crippen LogP contribution in [0, 0.1) is 13.8 Å². The quantitative estimate of drug-likeness (QED) is 0.665. The Balaban J connectivity index is 1.83. The maximum absolute atomic E-state index is 12.7. The van der Waals surface area contributed by atoms with E-state index in [1.807, 2.05) is 42.6 Å². The second-order valence-corrected chi connectivity index (χ2v) is 7.00. The van der Waals surface area contributed by atoms with Gasteiger partial charge in [-0.1, -0.05) is 30.3 Å². The van der Waals surface area contributed by atoms with Gasteiger partial charge in [0.05, 0.1) is 29.6 Å². The molecule has 6 heteroatoms. The van der Waals surface area contributed by atoms with Gasteiger partial charge in [-0.25, -0.2) is 4.98 Å². The summed E-state index contributed by atoms with van der Waals surface area (Å²) in [5.74, 6) is -0.159. The van der Waals surface area contributed by atoms with Gasteiger partial charge in [-0.2, -0.15) is 0 Å². The van der Waals surface area contributed by atoms with Crippen molar-refractivity contribution in [1.82, 2.24) is 14.7 Å². The van der Waals surface area contributed by atoms with E-state index in [0.29, 0.717) is 5.56 Å². The number of aliphatic hydroxyl groups excluding tert-OH is 1. The number of pyridine rings is 1. The molecule has 6 nitrogen and oxygen atoms in total. The minimum Gasteiger partial charge on any atom is -0.395 e. The highest BCUT2D eigenvalue weighted by Crippen LogP contribution is 2.37. The number of aliphatic hydroxyl groups is 1. The first kappa shape index (κ1) is 17.5. The summed E-state index contributed by atoms with van der Waals surface area (Å²) in [6.07, 6.45) is 3.58. The third-order valence-corrected chi connectivity index (χ3v) is 5.34. The largest absolute Gasteiger partial charge is 0.395 e. The molecule has 0 saturated carbocycles. The standard InChI is InChI=1S/C21H24N4O2/c1-13-14(2)25-12-17(21(27)22-10-11-26)16-8-9-18(15-6-4-3-5-7-15)24-19(16)20(25)23-13/h3-7,12,18,24,26H,8-11H2,1-2H3,(H,22,27)/t18-/m0/s1. The molecular weight excluding hydrogens is 340 g/mol. The first-order valence-electron chi connectivity index (χ1n) is 9.32. The lowest BCUT2D eigenvalue weighted by Gasteiger charge is -2.29. The SMILES string of the molecule is Cc1nc2c3c(c(C(=O)NCCO)cn2c1C)CC[C@@H](c1ccccc1)N3. The Labute approximate surface area is 158 Å². The fourth-order valence-corrected chi connectivity index (χ4v) is 3.78. The smallest absolute Gasteiger partial charge is 0.253 e. The molecule has 0 fully saturated rings. The van der Waals surface area contributed by atoms with Gasteiger partial charge in [0.2, 0.25) is 0 Å². The van der Waals surface area contributed by atoms with Crippen molar-refractivity contribution in [3.8, 4) is 0 Å². The number of aryl methyl sites for hydroxylation is 2. The van der Waals surface area contributed by atoms with Crippen LogP contribution in [0.2, 0.25) is 0 Å². The normalized spacial score (nSPS) is 16.0. The van der Waals surface area contributed by atoms with E-state index in [1.54, 1.807) is 0 Å². The molecule has 27 heavy (non-hydrogen) atoms. The minimum atomic E-state index is -0.159. The first-order chi connectivity index (χ1) is 13.1. The molecule has 0 bridgehead atoms. The van der Waals surface area contributed by atoms with Crippen molar-refractivity contribution in [1.29, 1.82) is 0 Å². The van der Waals surface area contributed by atoms with Crippen LogP contribution in [-0.4, -0.2) is 33.6 Å². The van der Waals surface area contributed by atoms with Crippen LogP contribution in [0.3, 0.4) is 0 Å². The number of benzene rings is 1. The molecule has 1 aliphatic rings. The average molecular weight is 364 g/mol. The number of anilines is 1. The highest BCUT2D eigenvalue weighted by atomic mass is 16.3. The molecule has 0 saturated heterocycles. The minimum absolute atomic E-state index is 0.0757. The summed E-state index contributed by atoms with van der Waals surface area (Å²) in [4.78, 5) is 17.5. The Kier molecular flexibility index (Phi) is 4.58. The van der Waals surface area contributed by atoms with E-state index in [4.69, 9.17) is 10.1 Å². The van der Waals surface area contributed by atoms with Crippen molar-refractivity contribution in [3.05, 3.63) is 64.6 Å². The summed E-state index contributed by atoms with van der Waals surface area (Å²) in [5, 5.41) is 15.5. The molecular formula is C21H24N4O2. The van der Waals surface area contributed by atoms with Crippen LogP contribution in [0.1, 0.15) is 45.3 Å². The van der Waals surface area contributed by atoms with Gasteiger partial charge in [-0.05, 0) is 37.8 Å². The fourth-order valence-electron chi connectivity index (χ4n) is 3.78. The summed E-state index contributed by atoms with van der Waals surface area (Å²) in [7, 11) is 0. The highest BCUT2D eigenvalue weighted by molar-refractivity contribution is 5.98. The van der Waals surface area contributed by atoms with E-state index < -0.39 is 0 Å². The van der Waals surface area contributed by atoms with Crippen LogP contribution in [0.4, 0.5) is 5.69 Å². The predicted octanol–water partition coefficient (Wildman–Crippen LogP) is 2.77. The van der Waals surface area contributed by atoms with Gasteiger partial charge in [-0.3, -0.25) is 4.79 Å². The highest BCUT2D eigenvalue weighted by Gasteiger charge is 2.27. The van der Waals surface area contributed by atoms with Gasteiger partial charge < -0.3 is 20.1 Å². The summed E-state index contributed by atoms with van der Waals surface area (Å²) < 4.78 is 1.99. The van der Waals surface area contributed by atoms with Crippen molar-refractivity contribution in [2.75, 3.05) is 18.5 Å². The zero-order valence-electron chi connectivity index (χ0n) is 15.6. The van der Waals surface area contributed by atoms with Gasteiger partial charge in [0, 0.05) is 18.4 Å². The molecule has 3 N–H and O–H groups in total. The predicted molar refractivity (Wildman–Crippen MR) is 105 cm³/mol. The van der Waals surface area contributed by atoms with Crippen LogP contribution in [0.15, 0.2) is 36.5 Å². The van der Waals surface area contributed by atoms with Crippen molar-refractivity contribution in [2.24, 2.45) is 0 Å². The van der Waals surface area contributed by atoms with Crippen molar-refractivity contribution in [2.45, 2.75) is 32.7 Å². The molecule has 1 aliphatic heterocycles. The number of carbonyl (C=O) groups excluding carboxylic acids is 1. The van der Waals surface area contributed by atoms with E-state index in [0.717, 1.165) is 41.1 Å². The lowest BCUT2D eigenvalue weighted by Crippen LogP contribution is -2.29. The number of carbonyl (C=O) groups is 1. The van der Waals surface area contributed by atoms with Gasteiger partial charge in [0.1, 0.15) is 0 Å². The van der Waals surface area contributed by atoms with Crippen molar-refractivity contribution < 1.29 is 9.90 Å². The molecule has 0 radical (unpaired) electrons. The number of aromatic nitrogens is 2. The molecule has 140 valence electrons. The number of fused-ring (bicyclic) bond motifs is 3. The third-order valence-electron chi connectivity index (χ3n) is 5.34. The maximum Gasteiger partial charge on any atom is 0.253 e. The van der Waals surface area contributed by atoms with Crippen LogP contribution in [0.5, 0.6) is 0 Å². The Morgan fingerprint density at radius 2 is 2.11 bits per heavy atom. The van der Waals surface area contributed by atoms with E-state index in [9.17, 15) is 4.79 Å². The van der Waals surface area contributed by atoms with Crippen LogP contribution >= 0.6 is 0 Å². The summed E-state index contributed by atoms with van der Waals surface area (Å²) >= 11 is 0. The Hall–Kier alpha value is -2.86. The molecule has 0 aliphatic carbocycles. The Morgan fingerprint density at radius 1 is 1.33 bits per heavy atom. The van der Waals surface area contributed by atoms with Gasteiger partial charge in [0.15, 0.2) is 5.65 Å². The van der Waals surface area contributed by atoms with Gasteiger partial charge in [-0.15, -0.1) is 0 Å². The number of imidazole rings is 1. The molecule has 3 aromatic rings. The van der Waals surface area contributed by atoms with E-state index in [1.165, 1.54) is 5.56 Å². The van der Waals surface area contributed by atoms with E-state index in [2.05, 4.69) is 22.8 Å². The fraction of sp³-hybridized carbons (Fsp3) is 0.333. The lowest BCUT2D eigenvalue weighted by molar-refractivity contribution is 0.0943. The molecule has 0 spiro atoms. The number of nitrogens with one attached hydrogen (secondary N) is 2. The van der Waals surface area contributed by atoms with Crippen LogP contribution < -0.4 is 10.6 Å². The summed E-state index contributed by atoms with van der Waals surface area (Å²) in [6.45, 7) is 4.16. The van der Waals surface area contributed by atoms with E-state index in [-0.39, 0.29) is 25.1 Å². The van der Waals surface area contributed by atoms with Crippen LogP contribution in [-0.2, 0) is 6.42 Å². The van der Waals surface area contributed by atoms with Crippen molar-refractivity contribution in [3.63, 3.8) is 0 Å². The van der Waals surface area contributed by atoms with Gasteiger partial charge >= 0.3 is 0 Å². The zero-order chi connectivity index (χ0) is 19.0. The third kappa shape index (κ3) is 3.06. The number of amides is 1. The van der Waals surface area contributed by atoms with Crippen LogP contribution in [0.25, 0.3) is 5.65 Å². The number of hydrogen-bond acceptors (Lipinski definition) is 4. The Morgan fingerprint density at radius 3 is 2.85 bits per heavy atom. The topological polar surface area (TPSA) is 78.7 Å².